The van der Waals surface area contributed by atoms with Crippen molar-refractivity contribution in [2.24, 2.45) is 0 Å². The minimum absolute atomic E-state index is 0.0364. The van der Waals surface area contributed by atoms with E-state index in [9.17, 15) is 13.2 Å². The summed E-state index contributed by atoms with van der Waals surface area (Å²) in [6.45, 7) is 0.406. The maximum absolute atomic E-state index is 12.6. The highest BCUT2D eigenvalue weighted by Crippen LogP contribution is 2.37. The Morgan fingerprint density at radius 2 is 1.89 bits per heavy atom. The molecule has 11 heteroatoms. The molecule has 0 amide bonds. The van der Waals surface area contributed by atoms with Crippen molar-refractivity contribution in [1.82, 2.24) is 20.6 Å². The first kappa shape index (κ1) is 19.7. The number of rotatable bonds is 7. The van der Waals surface area contributed by atoms with Crippen LogP contribution >= 0.6 is 11.6 Å². The van der Waals surface area contributed by atoms with Gasteiger partial charge in [0, 0.05) is 6.54 Å². The van der Waals surface area contributed by atoms with Crippen LogP contribution in [0, 0.1) is 0 Å². The first-order valence-corrected chi connectivity index (χ1v) is 8.37. The molecule has 0 fully saturated rings. The lowest BCUT2D eigenvalue weighted by Gasteiger charge is -2.15. The molecule has 0 radical (unpaired) electrons. The number of benzene rings is 2. The van der Waals surface area contributed by atoms with Gasteiger partial charge in [-0.15, -0.1) is 5.10 Å². The van der Waals surface area contributed by atoms with E-state index in [0.29, 0.717) is 34.6 Å². The van der Waals surface area contributed by atoms with Crippen LogP contribution in [0.3, 0.4) is 0 Å². The van der Waals surface area contributed by atoms with Gasteiger partial charge in [-0.25, -0.2) is 0 Å². The first-order chi connectivity index (χ1) is 13.4. The summed E-state index contributed by atoms with van der Waals surface area (Å²) in [5.74, 6) is 1.02. The van der Waals surface area contributed by atoms with Crippen molar-refractivity contribution in [2.45, 2.75) is 19.3 Å². The van der Waals surface area contributed by atoms with Gasteiger partial charge in [0.25, 0.3) is 5.95 Å². The van der Waals surface area contributed by atoms with Gasteiger partial charge in [0.1, 0.15) is 6.61 Å². The molecule has 2 N–H and O–H groups in total. The Kier molecular flexibility index (Phi) is 5.88. The second-order valence-corrected chi connectivity index (χ2v) is 6.09. The zero-order chi connectivity index (χ0) is 20.1. The minimum atomic E-state index is -4.38. The molecule has 3 aromatic rings. The van der Waals surface area contributed by atoms with Gasteiger partial charge < -0.3 is 14.8 Å². The summed E-state index contributed by atoms with van der Waals surface area (Å²) in [5, 5.41) is 16.6. The SMILES string of the molecule is COc1cc(CNc2nn[nH]n2)cc(Cl)c1OCc1ccc(C(F)(F)F)cc1. The average molecular weight is 414 g/mol. The lowest BCUT2D eigenvalue weighted by molar-refractivity contribution is -0.137. The Bertz CT molecular complexity index is 918. The standard InChI is InChI=1S/C17H15ClF3N5O2/c1-27-14-7-11(8-22-16-23-25-26-24-16)6-13(18)15(14)28-9-10-2-4-12(5-3-10)17(19,20)21/h2-7H,8-9H2,1H3,(H2,22,23,24,25,26). The number of methoxy groups -OCH3 is 1. The van der Waals surface area contributed by atoms with Crippen LogP contribution in [0.5, 0.6) is 11.5 Å². The predicted molar refractivity (Wildman–Crippen MR) is 95.3 cm³/mol. The highest BCUT2D eigenvalue weighted by molar-refractivity contribution is 6.32. The average Bonchev–Trinajstić information content (AvgIpc) is 3.18. The first-order valence-electron chi connectivity index (χ1n) is 7.99. The van der Waals surface area contributed by atoms with Crippen LogP contribution in [0.15, 0.2) is 36.4 Å². The molecule has 2 aromatic carbocycles. The van der Waals surface area contributed by atoms with Gasteiger partial charge in [-0.05, 0) is 40.6 Å². The predicted octanol–water partition coefficient (Wildman–Crippen LogP) is 4.07. The van der Waals surface area contributed by atoms with Gasteiger partial charge in [0.2, 0.25) is 0 Å². The molecule has 7 nitrogen and oxygen atoms in total. The van der Waals surface area contributed by atoms with E-state index in [1.165, 1.54) is 19.2 Å². The van der Waals surface area contributed by atoms with Crippen molar-refractivity contribution < 1.29 is 22.6 Å². The fourth-order valence-electron chi connectivity index (χ4n) is 2.38. The molecule has 0 unspecified atom stereocenters. The summed E-state index contributed by atoms with van der Waals surface area (Å²) in [7, 11) is 1.47. The highest BCUT2D eigenvalue weighted by Gasteiger charge is 2.29. The maximum atomic E-state index is 12.6. The van der Waals surface area contributed by atoms with Crippen LogP contribution in [-0.4, -0.2) is 27.7 Å². The Morgan fingerprint density at radius 3 is 2.50 bits per heavy atom. The Hall–Kier alpha value is -3.01. The smallest absolute Gasteiger partial charge is 0.416 e. The summed E-state index contributed by atoms with van der Waals surface area (Å²) < 4.78 is 48.9. The maximum Gasteiger partial charge on any atom is 0.416 e. The van der Waals surface area contributed by atoms with E-state index in [4.69, 9.17) is 21.1 Å². The zero-order valence-electron chi connectivity index (χ0n) is 14.5. The van der Waals surface area contributed by atoms with Crippen LogP contribution in [0.4, 0.5) is 19.1 Å². The van der Waals surface area contributed by atoms with Gasteiger partial charge in [0.15, 0.2) is 11.5 Å². The van der Waals surface area contributed by atoms with Crippen molar-refractivity contribution in [3.8, 4) is 11.5 Å². The summed E-state index contributed by atoms with van der Waals surface area (Å²) in [4.78, 5) is 0. The number of hydrogen-bond donors (Lipinski definition) is 2. The van der Waals surface area contributed by atoms with E-state index in [0.717, 1.165) is 17.7 Å². The topological polar surface area (TPSA) is 85.0 Å². The molecule has 1 aromatic heterocycles. The molecule has 0 bridgehead atoms. The van der Waals surface area contributed by atoms with Crippen molar-refractivity contribution in [3.05, 3.63) is 58.1 Å². The van der Waals surface area contributed by atoms with Gasteiger partial charge >= 0.3 is 6.18 Å². The number of nitrogens with zero attached hydrogens (tertiary/aromatic N) is 3. The van der Waals surface area contributed by atoms with Gasteiger partial charge in [-0.2, -0.15) is 18.4 Å². The van der Waals surface area contributed by atoms with Crippen molar-refractivity contribution in [2.75, 3.05) is 12.4 Å². The molecule has 3 rings (SSSR count). The van der Waals surface area contributed by atoms with E-state index >= 15 is 0 Å². The monoisotopic (exact) mass is 413 g/mol. The second-order valence-electron chi connectivity index (χ2n) is 5.68. The largest absolute Gasteiger partial charge is 0.493 e. The van der Waals surface area contributed by atoms with Gasteiger partial charge in [-0.1, -0.05) is 28.8 Å². The molecule has 148 valence electrons. The number of aromatic nitrogens is 4. The molecule has 0 aliphatic heterocycles. The number of nitrogens with one attached hydrogen (secondary N) is 2. The molecule has 28 heavy (non-hydrogen) atoms. The van der Waals surface area contributed by atoms with E-state index in [-0.39, 0.29) is 6.61 Å². The van der Waals surface area contributed by atoms with Crippen LogP contribution in [0.1, 0.15) is 16.7 Å². The number of halogens is 4. The summed E-state index contributed by atoms with van der Waals surface area (Å²) in [6, 6.07) is 8.12. The summed E-state index contributed by atoms with van der Waals surface area (Å²) >= 11 is 6.29. The normalized spacial score (nSPS) is 11.3. The third-order valence-electron chi connectivity index (χ3n) is 3.75. The van der Waals surface area contributed by atoms with Crippen molar-refractivity contribution in [1.29, 1.82) is 0 Å². The number of ether oxygens (including phenoxy) is 2. The number of alkyl halides is 3. The number of anilines is 1. The molecule has 0 aliphatic rings. The number of hydrogen-bond acceptors (Lipinski definition) is 6. The molecular formula is C17H15ClF3N5O2. The summed E-state index contributed by atoms with van der Waals surface area (Å²) in [6.07, 6.45) is -4.38. The Labute approximate surface area is 162 Å². The fraction of sp³-hybridized carbons (Fsp3) is 0.235. The molecule has 0 atom stereocenters. The van der Waals surface area contributed by atoms with Crippen LogP contribution in [-0.2, 0) is 19.3 Å². The fourth-order valence-corrected chi connectivity index (χ4v) is 2.67. The van der Waals surface area contributed by atoms with Crippen LogP contribution in [0.25, 0.3) is 0 Å². The van der Waals surface area contributed by atoms with E-state index in [1.807, 2.05) is 0 Å². The molecule has 1 heterocycles. The van der Waals surface area contributed by atoms with E-state index in [1.54, 1.807) is 12.1 Å². The van der Waals surface area contributed by atoms with Crippen molar-refractivity contribution in [3.63, 3.8) is 0 Å². The number of tetrazole rings is 1. The lowest BCUT2D eigenvalue weighted by atomic mass is 10.1. The second kappa shape index (κ2) is 8.34. The highest BCUT2D eigenvalue weighted by atomic mass is 35.5. The van der Waals surface area contributed by atoms with E-state index < -0.39 is 11.7 Å². The third-order valence-corrected chi connectivity index (χ3v) is 4.03. The molecule has 0 aliphatic carbocycles. The molecule has 0 saturated carbocycles. The lowest BCUT2D eigenvalue weighted by Crippen LogP contribution is -2.05. The Morgan fingerprint density at radius 1 is 1.14 bits per heavy atom. The van der Waals surface area contributed by atoms with Crippen LogP contribution in [0.2, 0.25) is 5.02 Å². The molecule has 0 saturated heterocycles. The summed E-state index contributed by atoms with van der Waals surface area (Å²) in [5.41, 5.74) is 0.632. The number of H-pyrrole nitrogens is 1. The third kappa shape index (κ3) is 4.83. The minimum Gasteiger partial charge on any atom is -0.493 e. The van der Waals surface area contributed by atoms with Crippen molar-refractivity contribution >= 4 is 17.5 Å². The number of aromatic amines is 1. The molecule has 0 spiro atoms. The Balaban J connectivity index is 1.69. The van der Waals surface area contributed by atoms with Gasteiger partial charge in [0.05, 0.1) is 17.7 Å². The van der Waals surface area contributed by atoms with Crippen LogP contribution < -0.4 is 14.8 Å². The van der Waals surface area contributed by atoms with Gasteiger partial charge in [-0.3, -0.25) is 0 Å². The van der Waals surface area contributed by atoms with E-state index in [2.05, 4.69) is 25.9 Å². The molecular weight excluding hydrogens is 399 g/mol. The zero-order valence-corrected chi connectivity index (χ0v) is 15.3. The quantitative estimate of drug-likeness (QED) is 0.607.